The number of nitrogens with zero attached hydrogens (tertiary/aromatic N) is 2. The zero-order chi connectivity index (χ0) is 22.5. The lowest BCUT2D eigenvalue weighted by Gasteiger charge is -2.36. The molecule has 170 valence electrons. The van der Waals surface area contributed by atoms with E-state index in [4.69, 9.17) is 9.47 Å². The van der Waals surface area contributed by atoms with E-state index in [9.17, 15) is 9.59 Å². The zero-order valence-corrected chi connectivity index (χ0v) is 18.8. The Morgan fingerprint density at radius 3 is 2.50 bits per heavy atom. The number of amides is 3. The van der Waals surface area contributed by atoms with E-state index in [0.717, 1.165) is 55.0 Å². The molecule has 2 fully saturated rings. The van der Waals surface area contributed by atoms with Crippen molar-refractivity contribution in [2.45, 2.75) is 31.7 Å². The van der Waals surface area contributed by atoms with Gasteiger partial charge in [-0.1, -0.05) is 18.2 Å². The lowest BCUT2D eigenvalue weighted by molar-refractivity contribution is -0.137. The van der Waals surface area contributed by atoms with Crippen LogP contribution in [0.25, 0.3) is 0 Å². The van der Waals surface area contributed by atoms with E-state index in [1.165, 1.54) is 0 Å². The molecule has 2 saturated heterocycles. The van der Waals surface area contributed by atoms with E-state index in [0.29, 0.717) is 13.1 Å². The predicted molar refractivity (Wildman–Crippen MR) is 123 cm³/mol. The number of carbonyl (C=O) groups excluding carboxylic acids is 2. The van der Waals surface area contributed by atoms with Gasteiger partial charge in [-0.3, -0.25) is 4.79 Å². The van der Waals surface area contributed by atoms with Crippen molar-refractivity contribution in [3.05, 3.63) is 54.1 Å². The Morgan fingerprint density at radius 1 is 0.969 bits per heavy atom. The van der Waals surface area contributed by atoms with Crippen LogP contribution in [0.5, 0.6) is 11.5 Å². The number of ether oxygens (including phenoxy) is 2. The number of hydrogen-bond donors (Lipinski definition) is 1. The minimum Gasteiger partial charge on any atom is -0.497 e. The van der Waals surface area contributed by atoms with Crippen molar-refractivity contribution < 1.29 is 19.1 Å². The molecule has 0 saturated carbocycles. The Balaban J connectivity index is 1.45. The number of urea groups is 1. The average molecular weight is 438 g/mol. The van der Waals surface area contributed by atoms with Gasteiger partial charge in [-0.2, -0.15) is 0 Å². The molecule has 2 atom stereocenters. The monoisotopic (exact) mass is 437 g/mol. The van der Waals surface area contributed by atoms with Crippen LogP contribution in [0.4, 0.5) is 10.5 Å². The van der Waals surface area contributed by atoms with Gasteiger partial charge in [0.05, 0.1) is 26.2 Å². The Bertz CT molecular complexity index is 949. The fraction of sp³-hybridized carbons (Fsp3) is 0.440. The molecule has 0 aromatic heterocycles. The maximum absolute atomic E-state index is 13.5. The molecule has 7 nitrogen and oxygen atoms in total. The topological polar surface area (TPSA) is 71.1 Å². The van der Waals surface area contributed by atoms with Crippen LogP contribution in [0.2, 0.25) is 0 Å². The summed E-state index contributed by atoms with van der Waals surface area (Å²) in [7, 11) is 3.27. The number of carbonyl (C=O) groups is 2. The zero-order valence-electron chi connectivity index (χ0n) is 18.8. The summed E-state index contributed by atoms with van der Waals surface area (Å²) in [4.78, 5) is 30.0. The Kier molecular flexibility index (Phi) is 6.83. The van der Waals surface area contributed by atoms with Crippen molar-refractivity contribution in [2.24, 2.45) is 5.92 Å². The van der Waals surface area contributed by atoms with Crippen molar-refractivity contribution in [3.63, 3.8) is 0 Å². The number of nitrogens with one attached hydrogen (secondary N) is 1. The van der Waals surface area contributed by atoms with Gasteiger partial charge in [-0.25, -0.2) is 4.79 Å². The molecule has 0 radical (unpaired) electrons. The van der Waals surface area contributed by atoms with Crippen molar-refractivity contribution in [1.82, 2.24) is 9.80 Å². The maximum Gasteiger partial charge on any atom is 0.321 e. The first kappa shape index (κ1) is 22.0. The molecule has 0 unspecified atom stereocenters. The van der Waals surface area contributed by atoms with Crippen molar-refractivity contribution in [3.8, 4) is 11.5 Å². The summed E-state index contributed by atoms with van der Waals surface area (Å²) in [6.45, 7) is 1.84. The smallest absolute Gasteiger partial charge is 0.321 e. The van der Waals surface area contributed by atoms with Gasteiger partial charge in [0, 0.05) is 37.0 Å². The summed E-state index contributed by atoms with van der Waals surface area (Å²) in [5.41, 5.74) is 1.77. The third kappa shape index (κ3) is 4.66. The largest absolute Gasteiger partial charge is 0.497 e. The lowest BCUT2D eigenvalue weighted by atomic mass is 9.95. The van der Waals surface area contributed by atoms with Crippen LogP contribution in [0, 0.1) is 5.92 Å². The quantitative estimate of drug-likeness (QED) is 0.757. The first-order valence-corrected chi connectivity index (χ1v) is 11.2. The number of likely N-dealkylation sites (tertiary alicyclic amines) is 2. The molecule has 3 amide bonds. The fourth-order valence-electron chi connectivity index (χ4n) is 4.77. The third-order valence-electron chi connectivity index (χ3n) is 6.42. The van der Waals surface area contributed by atoms with Crippen LogP contribution in [-0.2, 0) is 4.79 Å². The molecule has 2 aromatic carbocycles. The number of rotatable bonds is 5. The molecule has 2 aliphatic rings. The molecular weight excluding hydrogens is 406 g/mol. The second kappa shape index (κ2) is 9.94. The number of hydrogen-bond acceptors (Lipinski definition) is 4. The van der Waals surface area contributed by atoms with Crippen LogP contribution in [0.3, 0.4) is 0 Å². The molecule has 2 aliphatic heterocycles. The summed E-state index contributed by atoms with van der Waals surface area (Å²) in [6, 6.07) is 15.0. The van der Waals surface area contributed by atoms with E-state index >= 15 is 0 Å². The predicted octanol–water partition coefficient (Wildman–Crippen LogP) is 4.31. The number of benzene rings is 2. The van der Waals surface area contributed by atoms with E-state index in [2.05, 4.69) is 5.32 Å². The molecular formula is C25H31N3O4. The highest BCUT2D eigenvalue weighted by Crippen LogP contribution is 2.40. The van der Waals surface area contributed by atoms with Gasteiger partial charge < -0.3 is 24.6 Å². The number of methoxy groups -OCH3 is 2. The highest BCUT2D eigenvalue weighted by molar-refractivity contribution is 5.90. The lowest BCUT2D eigenvalue weighted by Crippen LogP contribution is -2.47. The van der Waals surface area contributed by atoms with Gasteiger partial charge in [0.1, 0.15) is 11.5 Å². The van der Waals surface area contributed by atoms with Gasteiger partial charge >= 0.3 is 6.03 Å². The Morgan fingerprint density at radius 2 is 1.75 bits per heavy atom. The fourth-order valence-corrected chi connectivity index (χ4v) is 4.77. The van der Waals surface area contributed by atoms with Gasteiger partial charge in [0.2, 0.25) is 5.91 Å². The molecule has 4 rings (SSSR count). The first-order chi connectivity index (χ1) is 15.6. The van der Waals surface area contributed by atoms with Crippen LogP contribution >= 0.6 is 0 Å². The number of anilines is 1. The van der Waals surface area contributed by atoms with Crippen LogP contribution in [0.1, 0.15) is 37.3 Å². The molecule has 2 heterocycles. The van der Waals surface area contributed by atoms with Gasteiger partial charge in [0.15, 0.2) is 0 Å². The van der Waals surface area contributed by atoms with Gasteiger partial charge in [0.25, 0.3) is 0 Å². The molecule has 32 heavy (non-hydrogen) atoms. The standard InChI is InChI=1S/C25H31N3O4/c1-31-20-12-13-21(23(16-20)32-2)22-11-7-15-28(22)24(29)18-8-6-14-27(17-18)25(30)26-19-9-4-3-5-10-19/h3-5,9-10,12-13,16,18,22H,6-8,11,14-15,17H2,1-2H3,(H,26,30)/t18-,22+/m1/s1. The minimum absolute atomic E-state index is 0.0168. The van der Waals surface area contributed by atoms with Crippen molar-refractivity contribution >= 4 is 17.6 Å². The average Bonchev–Trinajstić information content (AvgIpc) is 3.33. The first-order valence-electron chi connectivity index (χ1n) is 11.2. The Labute approximate surface area is 189 Å². The van der Waals surface area contributed by atoms with Gasteiger partial charge in [-0.05, 0) is 49.9 Å². The third-order valence-corrected chi connectivity index (χ3v) is 6.42. The number of piperidine rings is 1. The summed E-state index contributed by atoms with van der Waals surface area (Å²) in [5.74, 6) is 1.41. The molecule has 7 heteroatoms. The van der Waals surface area contributed by atoms with E-state index in [1.807, 2.05) is 53.4 Å². The SMILES string of the molecule is COc1ccc([C@@H]2CCCN2C(=O)[C@@H]2CCCN(C(=O)Nc3ccccc3)C2)c(OC)c1. The van der Waals surface area contributed by atoms with E-state index < -0.39 is 0 Å². The summed E-state index contributed by atoms with van der Waals surface area (Å²) in [5, 5.41) is 2.93. The highest BCUT2D eigenvalue weighted by atomic mass is 16.5. The van der Waals surface area contributed by atoms with E-state index in [-0.39, 0.29) is 23.9 Å². The molecule has 0 aliphatic carbocycles. The summed E-state index contributed by atoms with van der Waals surface area (Å²) >= 11 is 0. The summed E-state index contributed by atoms with van der Waals surface area (Å²) in [6.07, 6.45) is 3.48. The van der Waals surface area contributed by atoms with Crippen molar-refractivity contribution in [2.75, 3.05) is 39.2 Å². The van der Waals surface area contributed by atoms with Crippen LogP contribution in [-0.4, -0.2) is 55.6 Å². The maximum atomic E-state index is 13.5. The minimum atomic E-state index is -0.185. The highest BCUT2D eigenvalue weighted by Gasteiger charge is 2.37. The van der Waals surface area contributed by atoms with Crippen LogP contribution in [0.15, 0.2) is 48.5 Å². The summed E-state index contributed by atoms with van der Waals surface area (Å²) < 4.78 is 10.9. The van der Waals surface area contributed by atoms with Crippen LogP contribution < -0.4 is 14.8 Å². The second-order valence-electron chi connectivity index (χ2n) is 8.38. The van der Waals surface area contributed by atoms with Crippen molar-refractivity contribution in [1.29, 1.82) is 0 Å². The normalized spacial score (nSPS) is 20.7. The molecule has 1 N–H and O–H groups in total. The molecule has 0 spiro atoms. The van der Waals surface area contributed by atoms with Gasteiger partial charge in [-0.15, -0.1) is 0 Å². The molecule has 0 bridgehead atoms. The number of para-hydroxylation sites is 1. The second-order valence-corrected chi connectivity index (χ2v) is 8.38. The molecule has 2 aromatic rings. The van der Waals surface area contributed by atoms with E-state index in [1.54, 1.807) is 19.1 Å². The Hall–Kier alpha value is -3.22.